The zero-order valence-corrected chi connectivity index (χ0v) is 20.5. The highest BCUT2D eigenvalue weighted by molar-refractivity contribution is 5.88. The molecule has 0 radical (unpaired) electrons. The van der Waals surface area contributed by atoms with E-state index in [-0.39, 0.29) is 11.5 Å². The Morgan fingerprint density at radius 2 is 1.69 bits per heavy atom. The van der Waals surface area contributed by atoms with Gasteiger partial charge in [-0.05, 0) is 51.1 Å². The Labute approximate surface area is 204 Å². The van der Waals surface area contributed by atoms with Crippen LogP contribution in [0.3, 0.4) is 0 Å². The van der Waals surface area contributed by atoms with Crippen molar-refractivity contribution in [2.45, 2.75) is 33.2 Å². The molecule has 0 bridgehead atoms. The molecule has 9 nitrogen and oxygen atoms in total. The van der Waals surface area contributed by atoms with Crippen molar-refractivity contribution in [1.82, 2.24) is 33.9 Å². The molecule has 3 aromatic heterocycles. The molecule has 1 amide bonds. The fraction of sp³-hybridized carbons (Fsp3) is 0.385. The maximum Gasteiger partial charge on any atom is 0.280 e. The number of para-hydroxylation sites is 1. The lowest BCUT2D eigenvalue weighted by Crippen LogP contribution is -2.51. The second-order valence-electron chi connectivity index (χ2n) is 9.06. The average Bonchev–Trinajstić information content (AvgIpc) is 3.55. The van der Waals surface area contributed by atoms with Crippen molar-refractivity contribution in [1.29, 1.82) is 0 Å². The van der Waals surface area contributed by atoms with Crippen LogP contribution in [-0.4, -0.2) is 72.6 Å². The molecule has 182 valence electrons. The van der Waals surface area contributed by atoms with Crippen LogP contribution in [0.1, 0.15) is 32.0 Å². The van der Waals surface area contributed by atoms with Gasteiger partial charge in [0.05, 0.1) is 11.4 Å². The molecule has 0 spiro atoms. The van der Waals surface area contributed by atoms with Gasteiger partial charge in [-0.1, -0.05) is 25.1 Å². The SMILES string of the molecule is CCCN1CCN(C(=O)C(C)n2nc(C)c3nn(-c4ccccc4)c(-n4cccc4)c3c2=O)CC1. The van der Waals surface area contributed by atoms with Crippen LogP contribution in [0.2, 0.25) is 0 Å². The predicted octanol–water partition coefficient (Wildman–Crippen LogP) is 2.80. The van der Waals surface area contributed by atoms with Gasteiger partial charge >= 0.3 is 0 Å². The fourth-order valence-electron chi connectivity index (χ4n) is 4.83. The summed E-state index contributed by atoms with van der Waals surface area (Å²) in [4.78, 5) is 31.5. The van der Waals surface area contributed by atoms with Crippen LogP contribution in [0.25, 0.3) is 22.4 Å². The van der Waals surface area contributed by atoms with E-state index in [1.807, 2.05) is 71.2 Å². The number of nitrogens with zero attached hydrogens (tertiary/aromatic N) is 7. The Hall–Kier alpha value is -3.72. The number of carbonyl (C=O) groups is 1. The lowest BCUT2D eigenvalue weighted by atomic mass is 10.2. The summed E-state index contributed by atoms with van der Waals surface area (Å²) in [5, 5.41) is 9.78. The Morgan fingerprint density at radius 3 is 2.34 bits per heavy atom. The first-order valence-electron chi connectivity index (χ1n) is 12.2. The highest BCUT2D eigenvalue weighted by atomic mass is 16.2. The molecule has 5 rings (SSSR count). The van der Waals surface area contributed by atoms with Gasteiger partial charge in [0.1, 0.15) is 16.9 Å². The zero-order valence-electron chi connectivity index (χ0n) is 20.5. The largest absolute Gasteiger partial charge is 0.338 e. The number of aromatic nitrogens is 5. The first-order chi connectivity index (χ1) is 17.0. The molecule has 1 fully saturated rings. The Morgan fingerprint density at radius 1 is 1.00 bits per heavy atom. The summed E-state index contributed by atoms with van der Waals surface area (Å²) in [6.45, 7) is 9.85. The third-order valence-corrected chi connectivity index (χ3v) is 6.68. The summed E-state index contributed by atoms with van der Waals surface area (Å²) in [5.41, 5.74) is 1.66. The third kappa shape index (κ3) is 4.16. The number of fused-ring (bicyclic) bond motifs is 1. The molecule has 1 aliphatic heterocycles. The van der Waals surface area contributed by atoms with Crippen LogP contribution < -0.4 is 5.56 Å². The summed E-state index contributed by atoms with van der Waals surface area (Å²) in [6.07, 6.45) is 4.88. The predicted molar refractivity (Wildman–Crippen MR) is 135 cm³/mol. The van der Waals surface area contributed by atoms with Crippen molar-refractivity contribution in [3.05, 3.63) is 70.9 Å². The number of hydrogen-bond acceptors (Lipinski definition) is 5. The van der Waals surface area contributed by atoms with Crippen LogP contribution in [0, 0.1) is 6.92 Å². The van der Waals surface area contributed by atoms with Gasteiger partial charge in [-0.3, -0.25) is 14.5 Å². The van der Waals surface area contributed by atoms with Crippen LogP contribution >= 0.6 is 0 Å². The normalized spacial score (nSPS) is 15.6. The van der Waals surface area contributed by atoms with Crippen LogP contribution in [0.15, 0.2) is 59.7 Å². The standard InChI is InChI=1S/C26H31N7O2/c1-4-12-29-15-17-31(18-16-29)25(34)20(3)32-26(35)22-23(19(2)27-32)28-33(21-10-6-5-7-11-21)24(22)30-13-8-9-14-30/h5-11,13-14,20H,4,12,15-18H2,1-3H3. The van der Waals surface area contributed by atoms with E-state index in [1.54, 1.807) is 11.6 Å². The van der Waals surface area contributed by atoms with E-state index in [0.29, 0.717) is 35.5 Å². The van der Waals surface area contributed by atoms with Gasteiger partial charge in [-0.2, -0.15) is 10.2 Å². The minimum Gasteiger partial charge on any atom is -0.338 e. The first-order valence-corrected chi connectivity index (χ1v) is 12.2. The number of carbonyl (C=O) groups excluding carboxylic acids is 1. The van der Waals surface area contributed by atoms with E-state index in [2.05, 4.69) is 16.9 Å². The fourth-order valence-corrected chi connectivity index (χ4v) is 4.83. The van der Waals surface area contributed by atoms with E-state index in [1.165, 1.54) is 4.68 Å². The smallest absolute Gasteiger partial charge is 0.280 e. The molecule has 9 heteroatoms. The summed E-state index contributed by atoms with van der Waals surface area (Å²) in [6, 6.07) is 12.8. The highest BCUT2D eigenvalue weighted by Gasteiger charge is 2.29. The topological polar surface area (TPSA) is 81.2 Å². The highest BCUT2D eigenvalue weighted by Crippen LogP contribution is 2.25. The number of rotatable bonds is 6. The lowest BCUT2D eigenvalue weighted by Gasteiger charge is -2.35. The quantitative estimate of drug-likeness (QED) is 0.430. The van der Waals surface area contributed by atoms with Crippen LogP contribution in [-0.2, 0) is 4.79 Å². The van der Waals surface area contributed by atoms with Gasteiger partial charge in [0.25, 0.3) is 5.56 Å². The van der Waals surface area contributed by atoms with Crippen molar-refractivity contribution >= 4 is 16.8 Å². The van der Waals surface area contributed by atoms with E-state index in [0.717, 1.165) is 31.7 Å². The molecule has 0 saturated carbocycles. The van der Waals surface area contributed by atoms with Gasteiger partial charge in [-0.15, -0.1) is 0 Å². The van der Waals surface area contributed by atoms with Crippen molar-refractivity contribution in [2.24, 2.45) is 0 Å². The van der Waals surface area contributed by atoms with Crippen LogP contribution in [0.5, 0.6) is 0 Å². The molecule has 1 saturated heterocycles. The molecule has 0 N–H and O–H groups in total. The van der Waals surface area contributed by atoms with E-state index >= 15 is 0 Å². The number of piperazine rings is 1. The van der Waals surface area contributed by atoms with Gasteiger partial charge in [0.2, 0.25) is 5.91 Å². The van der Waals surface area contributed by atoms with Gasteiger partial charge in [0.15, 0.2) is 5.82 Å². The molecule has 1 unspecified atom stereocenters. The summed E-state index contributed by atoms with van der Waals surface area (Å²) in [7, 11) is 0. The zero-order chi connectivity index (χ0) is 24.5. The molecule has 4 heterocycles. The number of aryl methyl sites for hydroxylation is 1. The molecule has 1 aromatic carbocycles. The molecule has 35 heavy (non-hydrogen) atoms. The van der Waals surface area contributed by atoms with E-state index in [9.17, 15) is 9.59 Å². The number of benzene rings is 1. The average molecular weight is 474 g/mol. The summed E-state index contributed by atoms with van der Waals surface area (Å²) >= 11 is 0. The Balaban J connectivity index is 1.58. The van der Waals surface area contributed by atoms with Gasteiger partial charge in [-0.25, -0.2) is 9.36 Å². The second-order valence-corrected chi connectivity index (χ2v) is 9.06. The number of amides is 1. The molecule has 4 aromatic rings. The minimum absolute atomic E-state index is 0.0764. The van der Waals surface area contributed by atoms with Crippen molar-refractivity contribution in [3.8, 4) is 11.5 Å². The van der Waals surface area contributed by atoms with Gasteiger partial charge in [0, 0.05) is 38.6 Å². The number of hydrogen-bond donors (Lipinski definition) is 0. The van der Waals surface area contributed by atoms with Crippen molar-refractivity contribution in [3.63, 3.8) is 0 Å². The van der Waals surface area contributed by atoms with E-state index < -0.39 is 6.04 Å². The molecular formula is C26H31N7O2. The van der Waals surface area contributed by atoms with Crippen molar-refractivity contribution in [2.75, 3.05) is 32.7 Å². The monoisotopic (exact) mass is 473 g/mol. The molecular weight excluding hydrogens is 442 g/mol. The molecule has 0 aliphatic carbocycles. The van der Waals surface area contributed by atoms with Gasteiger partial charge < -0.3 is 9.47 Å². The molecule has 1 atom stereocenters. The second kappa shape index (κ2) is 9.50. The Kier molecular flexibility index (Phi) is 6.25. The van der Waals surface area contributed by atoms with E-state index in [4.69, 9.17) is 5.10 Å². The van der Waals surface area contributed by atoms with Crippen molar-refractivity contribution < 1.29 is 4.79 Å². The van der Waals surface area contributed by atoms with Crippen LogP contribution in [0.4, 0.5) is 0 Å². The third-order valence-electron chi connectivity index (χ3n) is 6.68. The Bertz CT molecular complexity index is 1380. The maximum atomic E-state index is 13.9. The summed E-state index contributed by atoms with van der Waals surface area (Å²) in [5.74, 6) is 0.556. The lowest BCUT2D eigenvalue weighted by molar-refractivity contribution is -0.136. The minimum atomic E-state index is -0.707. The summed E-state index contributed by atoms with van der Waals surface area (Å²) < 4.78 is 4.99. The first kappa shape index (κ1) is 23.0. The molecule has 1 aliphatic rings. The maximum absolute atomic E-state index is 13.9.